The van der Waals surface area contributed by atoms with Gasteiger partial charge in [-0.3, -0.25) is 9.69 Å². The second-order valence-corrected chi connectivity index (χ2v) is 8.05. The van der Waals surface area contributed by atoms with Gasteiger partial charge in [-0.1, -0.05) is 29.8 Å². The van der Waals surface area contributed by atoms with Gasteiger partial charge in [0.1, 0.15) is 11.0 Å². The summed E-state index contributed by atoms with van der Waals surface area (Å²) in [6.07, 6.45) is 3.08. The van der Waals surface area contributed by atoms with E-state index >= 15 is 0 Å². The molecule has 0 radical (unpaired) electrons. The summed E-state index contributed by atoms with van der Waals surface area (Å²) in [5, 5.41) is 1.64. The summed E-state index contributed by atoms with van der Waals surface area (Å²) in [5.74, 6) is 1.34. The highest BCUT2D eigenvalue weighted by Gasteiger charge is 2.29. The summed E-state index contributed by atoms with van der Waals surface area (Å²) >= 11 is 6.47. The Morgan fingerprint density at radius 3 is 2.96 bits per heavy atom. The third-order valence-corrected chi connectivity index (χ3v) is 5.92. The van der Waals surface area contributed by atoms with Crippen LogP contribution < -0.4 is 5.56 Å². The number of benzene rings is 1. The maximum Gasteiger partial charge on any atom is 0.255 e. The minimum Gasteiger partial charge on any atom is -0.310 e. The zero-order chi connectivity index (χ0) is 18.5. The molecule has 1 saturated carbocycles. The molecule has 1 fully saturated rings. The molecule has 0 unspecified atom stereocenters. The SMILES string of the molecule is Cc1cccc2cc(CN3CCc4nc(C5CC5)[nH]c(=O)c4C3)c(Cl)nc12. The molecule has 1 aliphatic heterocycles. The van der Waals surface area contributed by atoms with Crippen LogP contribution >= 0.6 is 11.6 Å². The molecule has 3 aromatic rings. The van der Waals surface area contributed by atoms with Crippen LogP contribution in [-0.2, 0) is 19.5 Å². The Bertz CT molecular complexity index is 1100. The number of nitrogens with one attached hydrogen (secondary N) is 1. The first-order chi connectivity index (χ1) is 13.1. The first kappa shape index (κ1) is 16.9. The molecule has 5 nitrogen and oxygen atoms in total. The first-order valence-electron chi connectivity index (χ1n) is 9.47. The Morgan fingerprint density at radius 1 is 1.30 bits per heavy atom. The predicted octanol–water partition coefficient (Wildman–Crippen LogP) is 3.72. The standard InChI is InChI=1S/C21H21ClN4O/c1-12-3-2-4-14-9-15(19(22)24-18(12)14)10-26-8-7-17-16(11-26)21(27)25-20(23-17)13-5-6-13/h2-4,9,13H,5-8,10-11H2,1H3,(H,23,25,27). The fourth-order valence-corrected chi connectivity index (χ4v) is 4.10. The second-order valence-electron chi connectivity index (χ2n) is 7.70. The van der Waals surface area contributed by atoms with Crippen molar-refractivity contribution >= 4 is 22.5 Å². The molecule has 5 rings (SSSR count). The number of aromatic nitrogens is 3. The van der Waals surface area contributed by atoms with Crippen LogP contribution in [0.4, 0.5) is 0 Å². The minimum absolute atomic E-state index is 0.0185. The van der Waals surface area contributed by atoms with Crippen molar-refractivity contribution in [2.24, 2.45) is 0 Å². The summed E-state index contributed by atoms with van der Waals surface area (Å²) < 4.78 is 0. The number of pyridine rings is 1. The molecular formula is C21H21ClN4O. The molecular weight excluding hydrogens is 360 g/mol. The zero-order valence-electron chi connectivity index (χ0n) is 15.3. The highest BCUT2D eigenvalue weighted by atomic mass is 35.5. The normalized spacial score (nSPS) is 17.3. The number of hydrogen-bond donors (Lipinski definition) is 1. The van der Waals surface area contributed by atoms with Crippen molar-refractivity contribution in [3.05, 3.63) is 68.0 Å². The van der Waals surface area contributed by atoms with E-state index < -0.39 is 0 Å². The van der Waals surface area contributed by atoms with E-state index in [-0.39, 0.29) is 5.56 Å². The van der Waals surface area contributed by atoms with Crippen molar-refractivity contribution in [2.45, 2.75) is 45.2 Å². The Kier molecular flexibility index (Phi) is 4.02. The van der Waals surface area contributed by atoms with Crippen LogP contribution in [0.5, 0.6) is 0 Å². The maximum atomic E-state index is 12.5. The van der Waals surface area contributed by atoms with Gasteiger partial charge in [0.25, 0.3) is 5.56 Å². The summed E-state index contributed by atoms with van der Waals surface area (Å²) in [6.45, 7) is 4.20. The van der Waals surface area contributed by atoms with Gasteiger partial charge in [0.2, 0.25) is 0 Å². The monoisotopic (exact) mass is 380 g/mol. The minimum atomic E-state index is 0.0185. The number of para-hydroxylation sites is 1. The number of fused-ring (bicyclic) bond motifs is 2. The van der Waals surface area contributed by atoms with Crippen LogP contribution in [0.3, 0.4) is 0 Å². The highest BCUT2D eigenvalue weighted by molar-refractivity contribution is 6.30. The Morgan fingerprint density at radius 2 is 2.15 bits per heavy atom. The van der Waals surface area contributed by atoms with E-state index in [0.717, 1.165) is 64.9 Å². The van der Waals surface area contributed by atoms with E-state index in [0.29, 0.717) is 24.2 Å². The van der Waals surface area contributed by atoms with Crippen molar-refractivity contribution in [3.63, 3.8) is 0 Å². The molecule has 138 valence electrons. The lowest BCUT2D eigenvalue weighted by Crippen LogP contribution is -2.35. The van der Waals surface area contributed by atoms with Gasteiger partial charge in [-0.25, -0.2) is 9.97 Å². The fourth-order valence-electron chi connectivity index (χ4n) is 3.91. The van der Waals surface area contributed by atoms with Gasteiger partial charge in [0, 0.05) is 42.9 Å². The van der Waals surface area contributed by atoms with Gasteiger partial charge < -0.3 is 4.98 Å². The van der Waals surface area contributed by atoms with Gasteiger partial charge in [0.15, 0.2) is 0 Å². The van der Waals surface area contributed by atoms with Gasteiger partial charge >= 0.3 is 0 Å². The topological polar surface area (TPSA) is 61.9 Å². The molecule has 0 spiro atoms. The van der Waals surface area contributed by atoms with Crippen molar-refractivity contribution in [1.29, 1.82) is 0 Å². The average molecular weight is 381 g/mol. The highest BCUT2D eigenvalue weighted by Crippen LogP contribution is 2.38. The van der Waals surface area contributed by atoms with Crippen molar-refractivity contribution in [3.8, 4) is 0 Å². The number of aryl methyl sites for hydroxylation is 1. The number of rotatable bonds is 3. The zero-order valence-corrected chi connectivity index (χ0v) is 16.0. The van der Waals surface area contributed by atoms with Gasteiger partial charge in [0.05, 0.1) is 16.8 Å². The molecule has 27 heavy (non-hydrogen) atoms. The third-order valence-electron chi connectivity index (χ3n) is 5.60. The second kappa shape index (κ2) is 6.43. The summed E-state index contributed by atoms with van der Waals surface area (Å²) in [5.41, 5.74) is 4.85. The van der Waals surface area contributed by atoms with E-state index in [2.05, 4.69) is 27.0 Å². The molecule has 0 bridgehead atoms. The van der Waals surface area contributed by atoms with E-state index in [9.17, 15) is 4.79 Å². The molecule has 1 aliphatic carbocycles. The van der Waals surface area contributed by atoms with E-state index in [1.165, 1.54) is 0 Å². The number of nitrogens with zero attached hydrogens (tertiary/aromatic N) is 3. The van der Waals surface area contributed by atoms with Crippen LogP contribution in [0.25, 0.3) is 10.9 Å². The number of H-pyrrole nitrogens is 1. The molecule has 2 aromatic heterocycles. The van der Waals surface area contributed by atoms with E-state index in [1.807, 2.05) is 19.1 Å². The largest absolute Gasteiger partial charge is 0.310 e. The molecule has 6 heteroatoms. The lowest BCUT2D eigenvalue weighted by atomic mass is 10.0. The number of halogens is 1. The van der Waals surface area contributed by atoms with Gasteiger partial charge in [-0.05, 0) is 31.4 Å². The van der Waals surface area contributed by atoms with E-state index in [4.69, 9.17) is 16.6 Å². The van der Waals surface area contributed by atoms with Crippen LogP contribution in [-0.4, -0.2) is 26.4 Å². The van der Waals surface area contributed by atoms with Crippen molar-refractivity contribution < 1.29 is 0 Å². The molecule has 0 amide bonds. The quantitative estimate of drug-likeness (QED) is 0.703. The molecule has 0 atom stereocenters. The van der Waals surface area contributed by atoms with Gasteiger partial charge in [-0.2, -0.15) is 0 Å². The van der Waals surface area contributed by atoms with Crippen molar-refractivity contribution in [2.75, 3.05) is 6.54 Å². The molecule has 2 aliphatic rings. The van der Waals surface area contributed by atoms with Crippen LogP contribution in [0.1, 0.15) is 47.0 Å². The summed E-state index contributed by atoms with van der Waals surface area (Å²) in [7, 11) is 0. The Labute approximate surface area is 162 Å². The summed E-state index contributed by atoms with van der Waals surface area (Å²) in [6, 6.07) is 8.26. The Hall–Kier alpha value is -2.24. The predicted molar refractivity (Wildman–Crippen MR) is 106 cm³/mol. The van der Waals surface area contributed by atoms with Crippen LogP contribution in [0.2, 0.25) is 5.15 Å². The smallest absolute Gasteiger partial charge is 0.255 e. The van der Waals surface area contributed by atoms with Crippen LogP contribution in [0, 0.1) is 6.92 Å². The maximum absolute atomic E-state index is 12.5. The van der Waals surface area contributed by atoms with Gasteiger partial charge in [-0.15, -0.1) is 0 Å². The number of hydrogen-bond acceptors (Lipinski definition) is 4. The van der Waals surface area contributed by atoms with Crippen LogP contribution in [0.15, 0.2) is 29.1 Å². The van der Waals surface area contributed by atoms with Crippen molar-refractivity contribution in [1.82, 2.24) is 19.9 Å². The Balaban J connectivity index is 1.42. The molecule has 1 N–H and O–H groups in total. The first-order valence-corrected chi connectivity index (χ1v) is 9.85. The summed E-state index contributed by atoms with van der Waals surface area (Å²) in [4.78, 5) is 27.1. The van der Waals surface area contributed by atoms with E-state index in [1.54, 1.807) is 0 Å². The lowest BCUT2D eigenvalue weighted by Gasteiger charge is -2.28. The average Bonchev–Trinajstić information content (AvgIpc) is 3.49. The lowest BCUT2D eigenvalue weighted by molar-refractivity contribution is 0.241. The molecule has 3 heterocycles. The third kappa shape index (κ3) is 3.15. The molecule has 1 aromatic carbocycles. The molecule has 0 saturated heterocycles. The number of aromatic amines is 1. The fraction of sp³-hybridized carbons (Fsp3) is 0.381.